The Morgan fingerprint density at radius 2 is 1.69 bits per heavy atom. The van der Waals surface area contributed by atoms with Gasteiger partial charge in [-0.05, 0) is 14.0 Å². The van der Waals surface area contributed by atoms with Crippen molar-refractivity contribution in [2.45, 2.75) is 13.5 Å². The van der Waals surface area contributed by atoms with Crippen LogP contribution in [-0.2, 0) is 6.61 Å². The van der Waals surface area contributed by atoms with E-state index in [-0.39, 0.29) is 22.8 Å². The molecule has 0 bridgehead atoms. The van der Waals surface area contributed by atoms with Crippen LogP contribution in [-0.4, -0.2) is 80.2 Å². The van der Waals surface area contributed by atoms with Gasteiger partial charge in [0.05, 0.1) is 32.2 Å². The van der Waals surface area contributed by atoms with E-state index >= 15 is 0 Å². The summed E-state index contributed by atoms with van der Waals surface area (Å²) >= 11 is 0. The van der Waals surface area contributed by atoms with Crippen LogP contribution in [0, 0.1) is 11.6 Å². The average molecular weight is 492 g/mol. The number of aromatic nitrogens is 2. The number of anilines is 1. The number of methoxy groups -OCH3 is 2. The van der Waals surface area contributed by atoms with Gasteiger partial charge in [-0.1, -0.05) is 0 Å². The summed E-state index contributed by atoms with van der Waals surface area (Å²) < 4.78 is 44.3. The Hall–Kier alpha value is -3.67. The number of benzene rings is 1. The number of ether oxygens (including phenoxy) is 3. The largest absolute Gasteiger partial charge is 0.494 e. The van der Waals surface area contributed by atoms with Gasteiger partial charge in [-0.2, -0.15) is 0 Å². The molecule has 190 valence electrons. The fraction of sp³-hybridized carbons (Fsp3) is 0.435. The Kier molecular flexibility index (Phi) is 9.01. The minimum atomic E-state index is -0.857. The molecule has 0 aliphatic carbocycles. The van der Waals surface area contributed by atoms with E-state index in [0.29, 0.717) is 5.95 Å². The van der Waals surface area contributed by atoms with E-state index in [4.69, 9.17) is 14.2 Å². The molecule has 2 aromatic rings. The van der Waals surface area contributed by atoms with Crippen LogP contribution in [0.3, 0.4) is 0 Å². The minimum absolute atomic E-state index is 0.141. The summed E-state index contributed by atoms with van der Waals surface area (Å²) in [5.41, 5.74) is 0.448. The fourth-order valence-corrected chi connectivity index (χ4v) is 3.37. The van der Waals surface area contributed by atoms with Gasteiger partial charge in [-0.25, -0.2) is 18.7 Å². The van der Waals surface area contributed by atoms with Crippen LogP contribution in [0.1, 0.15) is 12.5 Å². The standard InChI is InChI=1S/C23H31F2N7O3/c1-15(11-29-23(26-2)32-8-6-31(3)7-9-32)30-22-27-12-16(13-28-22)35-14-17-20(24)18(33-4)10-19(34-5)21(17)25/h10-13H,6-9,14H2,1-5H3,(H,26,29)(H,27,28,30)/b15-11+. The molecular formula is C23H31F2N7O3. The maximum atomic E-state index is 14.5. The number of hydrogen-bond acceptors (Lipinski definition) is 8. The van der Waals surface area contributed by atoms with Gasteiger partial charge in [0, 0.05) is 51.2 Å². The quantitative estimate of drug-likeness (QED) is 0.426. The molecule has 0 radical (unpaired) electrons. The highest BCUT2D eigenvalue weighted by Crippen LogP contribution is 2.31. The summed E-state index contributed by atoms with van der Waals surface area (Å²) in [5, 5.41) is 6.28. The predicted octanol–water partition coefficient (Wildman–Crippen LogP) is 2.45. The molecule has 12 heteroatoms. The highest BCUT2D eigenvalue weighted by molar-refractivity contribution is 5.81. The topological polar surface area (TPSA) is 96.4 Å². The Balaban J connectivity index is 1.57. The molecule has 0 atom stereocenters. The lowest BCUT2D eigenvalue weighted by molar-refractivity contribution is 0.212. The van der Waals surface area contributed by atoms with Gasteiger partial charge in [-0.15, -0.1) is 0 Å². The zero-order valence-corrected chi connectivity index (χ0v) is 20.6. The van der Waals surface area contributed by atoms with Crippen molar-refractivity contribution in [1.29, 1.82) is 0 Å². The second-order valence-electron chi connectivity index (χ2n) is 7.85. The van der Waals surface area contributed by atoms with Gasteiger partial charge in [0.1, 0.15) is 6.61 Å². The molecule has 3 rings (SSSR count). The molecule has 0 spiro atoms. The van der Waals surface area contributed by atoms with Gasteiger partial charge in [0.25, 0.3) is 0 Å². The van der Waals surface area contributed by atoms with Crippen LogP contribution < -0.4 is 24.8 Å². The summed E-state index contributed by atoms with van der Waals surface area (Å²) in [4.78, 5) is 17.2. The minimum Gasteiger partial charge on any atom is -0.494 e. The number of guanidine groups is 1. The molecule has 0 saturated carbocycles. The molecule has 10 nitrogen and oxygen atoms in total. The normalized spacial score (nSPS) is 15.1. The zero-order chi connectivity index (χ0) is 25.4. The first-order valence-electron chi connectivity index (χ1n) is 11.0. The summed E-state index contributed by atoms with van der Waals surface area (Å²) in [7, 11) is 6.42. The molecule has 1 fully saturated rings. The van der Waals surface area contributed by atoms with Crippen molar-refractivity contribution in [3.05, 3.63) is 47.6 Å². The summed E-state index contributed by atoms with van der Waals surface area (Å²) in [5.74, 6) is -0.628. The summed E-state index contributed by atoms with van der Waals surface area (Å²) in [6.45, 7) is 5.23. The number of allylic oxidation sites excluding steroid dienone is 1. The van der Waals surface area contributed by atoms with Crippen molar-refractivity contribution in [1.82, 2.24) is 25.1 Å². The molecule has 0 unspecified atom stereocenters. The van der Waals surface area contributed by atoms with Crippen LogP contribution in [0.15, 0.2) is 35.3 Å². The lowest BCUT2D eigenvalue weighted by atomic mass is 10.1. The molecule has 0 amide bonds. The average Bonchev–Trinajstić information content (AvgIpc) is 2.86. The number of rotatable bonds is 8. The van der Waals surface area contributed by atoms with Crippen LogP contribution in [0.25, 0.3) is 0 Å². The number of piperazine rings is 1. The molecule has 1 aromatic heterocycles. The number of nitrogens with zero attached hydrogens (tertiary/aromatic N) is 5. The Labute approximate surface area is 203 Å². The van der Waals surface area contributed by atoms with Crippen molar-refractivity contribution in [2.75, 3.05) is 59.8 Å². The van der Waals surface area contributed by atoms with Gasteiger partial charge >= 0.3 is 0 Å². The van der Waals surface area contributed by atoms with Crippen LogP contribution in [0.5, 0.6) is 17.2 Å². The van der Waals surface area contributed by atoms with Crippen molar-refractivity contribution in [3.63, 3.8) is 0 Å². The molecule has 2 heterocycles. The van der Waals surface area contributed by atoms with Gasteiger partial charge in [0.15, 0.2) is 34.8 Å². The smallest absolute Gasteiger partial charge is 0.227 e. The van der Waals surface area contributed by atoms with Crippen molar-refractivity contribution in [3.8, 4) is 17.2 Å². The number of aliphatic imine (C=N–C) groups is 1. The van der Waals surface area contributed by atoms with E-state index < -0.39 is 18.2 Å². The third-order valence-electron chi connectivity index (χ3n) is 5.42. The molecule has 2 N–H and O–H groups in total. The van der Waals surface area contributed by atoms with Crippen molar-refractivity contribution >= 4 is 11.9 Å². The Morgan fingerprint density at radius 1 is 1.09 bits per heavy atom. The summed E-state index contributed by atoms with van der Waals surface area (Å²) in [6.07, 6.45) is 4.61. The first kappa shape index (κ1) is 25.9. The maximum Gasteiger partial charge on any atom is 0.227 e. The first-order chi connectivity index (χ1) is 16.9. The maximum absolute atomic E-state index is 14.5. The van der Waals surface area contributed by atoms with E-state index in [1.165, 1.54) is 26.6 Å². The van der Waals surface area contributed by atoms with Crippen LogP contribution in [0.4, 0.5) is 14.7 Å². The summed E-state index contributed by atoms with van der Waals surface area (Å²) in [6, 6.07) is 1.14. The van der Waals surface area contributed by atoms with Gasteiger partial charge in [-0.3, -0.25) is 4.99 Å². The number of likely N-dealkylation sites (N-methyl/N-ethyl adjacent to an activating group) is 1. The second-order valence-corrected chi connectivity index (χ2v) is 7.85. The monoisotopic (exact) mass is 491 g/mol. The van der Waals surface area contributed by atoms with Crippen molar-refractivity contribution < 1.29 is 23.0 Å². The fourth-order valence-electron chi connectivity index (χ4n) is 3.37. The highest BCUT2D eigenvalue weighted by Gasteiger charge is 2.21. The molecule has 1 aliphatic heterocycles. The number of halogens is 2. The molecule has 1 saturated heterocycles. The van der Waals surface area contributed by atoms with E-state index in [0.717, 1.165) is 43.9 Å². The first-order valence-corrected chi connectivity index (χ1v) is 11.0. The Morgan fingerprint density at radius 3 is 2.23 bits per heavy atom. The lowest BCUT2D eigenvalue weighted by Crippen LogP contribution is -2.50. The van der Waals surface area contributed by atoms with E-state index in [2.05, 4.69) is 42.4 Å². The molecule has 1 aromatic carbocycles. The SMILES string of the molecule is CN=C(N/C=C(\C)Nc1ncc(OCc2c(F)c(OC)cc(OC)c2F)cn1)N1CCN(C)CC1. The molecular weight excluding hydrogens is 460 g/mol. The van der Waals surface area contributed by atoms with Crippen LogP contribution >= 0.6 is 0 Å². The van der Waals surface area contributed by atoms with E-state index in [9.17, 15) is 8.78 Å². The molecule has 1 aliphatic rings. The lowest BCUT2D eigenvalue weighted by Gasteiger charge is -2.34. The number of nitrogens with one attached hydrogen (secondary N) is 2. The third kappa shape index (κ3) is 6.69. The Bertz CT molecular complexity index is 1030. The predicted molar refractivity (Wildman–Crippen MR) is 129 cm³/mol. The van der Waals surface area contributed by atoms with Gasteiger partial charge in [0.2, 0.25) is 5.95 Å². The third-order valence-corrected chi connectivity index (χ3v) is 5.42. The molecule has 35 heavy (non-hydrogen) atoms. The van der Waals surface area contributed by atoms with E-state index in [1.807, 2.05) is 6.92 Å². The van der Waals surface area contributed by atoms with Gasteiger partial charge < -0.3 is 34.6 Å². The van der Waals surface area contributed by atoms with Crippen molar-refractivity contribution in [2.24, 2.45) is 4.99 Å². The zero-order valence-electron chi connectivity index (χ0n) is 20.6. The highest BCUT2D eigenvalue weighted by atomic mass is 19.1. The second kappa shape index (κ2) is 12.2. The van der Waals surface area contributed by atoms with E-state index in [1.54, 1.807) is 13.2 Å². The number of hydrogen-bond donors (Lipinski definition) is 2. The van der Waals surface area contributed by atoms with Crippen LogP contribution in [0.2, 0.25) is 0 Å².